The average molecular weight is 272 g/mol. The van der Waals surface area contributed by atoms with E-state index < -0.39 is 0 Å². The lowest BCUT2D eigenvalue weighted by atomic mass is 9.96. The summed E-state index contributed by atoms with van der Waals surface area (Å²) in [4.78, 5) is 0. The Bertz CT molecular complexity index is 670. The van der Waals surface area contributed by atoms with Crippen molar-refractivity contribution in [2.75, 3.05) is 0 Å². The molecule has 0 aliphatic heterocycles. The predicted molar refractivity (Wildman–Crippen MR) is 77.7 cm³/mol. The van der Waals surface area contributed by atoms with E-state index in [9.17, 15) is 20.4 Å². The first-order valence-electron chi connectivity index (χ1n) is 6.12. The molecule has 0 fully saturated rings. The molecule has 0 aliphatic carbocycles. The standard InChI is InChI=1S/C16H16O4/c1-9(11-3-5-12(17)6-4-11)10(2)14-7-13(18)8-15(19)16(14)20/h3-8,17-20H,1-2H3. The van der Waals surface area contributed by atoms with Gasteiger partial charge >= 0.3 is 0 Å². The van der Waals surface area contributed by atoms with Crippen LogP contribution in [0.15, 0.2) is 36.4 Å². The third kappa shape index (κ3) is 2.54. The second-order valence-corrected chi connectivity index (χ2v) is 4.66. The zero-order valence-corrected chi connectivity index (χ0v) is 11.3. The smallest absolute Gasteiger partial charge is 0.165 e. The molecule has 0 aliphatic rings. The molecule has 0 unspecified atom stereocenters. The summed E-state index contributed by atoms with van der Waals surface area (Å²) in [6.45, 7) is 3.65. The van der Waals surface area contributed by atoms with Gasteiger partial charge in [0.2, 0.25) is 0 Å². The number of allylic oxidation sites excluding steroid dienone is 2. The highest BCUT2D eigenvalue weighted by molar-refractivity contribution is 5.91. The quantitative estimate of drug-likeness (QED) is 0.383. The second-order valence-electron chi connectivity index (χ2n) is 4.66. The van der Waals surface area contributed by atoms with Crippen LogP contribution in [0.4, 0.5) is 0 Å². The molecule has 4 N–H and O–H groups in total. The molecule has 0 aromatic heterocycles. The fraction of sp³-hybridized carbons (Fsp3) is 0.125. The third-order valence-corrected chi connectivity index (χ3v) is 3.34. The number of aromatic hydroxyl groups is 4. The van der Waals surface area contributed by atoms with Crippen LogP contribution in [0, 0.1) is 0 Å². The molecule has 2 aromatic carbocycles. The number of phenols is 4. The van der Waals surface area contributed by atoms with Gasteiger partial charge in [0.05, 0.1) is 0 Å². The number of phenolic OH excluding ortho intramolecular Hbond substituents is 4. The van der Waals surface area contributed by atoms with E-state index in [0.717, 1.165) is 22.8 Å². The van der Waals surface area contributed by atoms with Crippen molar-refractivity contribution in [1.82, 2.24) is 0 Å². The van der Waals surface area contributed by atoms with Gasteiger partial charge in [0, 0.05) is 11.6 Å². The van der Waals surface area contributed by atoms with Gasteiger partial charge in [0.1, 0.15) is 11.5 Å². The highest BCUT2D eigenvalue weighted by Crippen LogP contribution is 2.39. The summed E-state index contributed by atoms with van der Waals surface area (Å²) in [5.74, 6) is -0.568. The molecule has 0 radical (unpaired) electrons. The molecule has 4 heteroatoms. The van der Waals surface area contributed by atoms with Crippen molar-refractivity contribution in [2.24, 2.45) is 0 Å². The predicted octanol–water partition coefficient (Wildman–Crippen LogP) is 3.46. The Balaban J connectivity index is 2.56. The summed E-state index contributed by atoms with van der Waals surface area (Å²) in [6, 6.07) is 9.15. The molecule has 0 bridgehead atoms. The minimum Gasteiger partial charge on any atom is -0.508 e. The normalized spacial score (nSPS) is 12.1. The van der Waals surface area contributed by atoms with Crippen molar-refractivity contribution < 1.29 is 20.4 Å². The van der Waals surface area contributed by atoms with Gasteiger partial charge in [0.15, 0.2) is 11.5 Å². The summed E-state index contributed by atoms with van der Waals surface area (Å²) in [7, 11) is 0. The van der Waals surface area contributed by atoms with Crippen molar-refractivity contribution in [3.63, 3.8) is 0 Å². The van der Waals surface area contributed by atoms with Crippen molar-refractivity contribution in [1.29, 1.82) is 0 Å². The van der Waals surface area contributed by atoms with Gasteiger partial charge in [-0.25, -0.2) is 0 Å². The molecule has 0 spiro atoms. The molecule has 0 saturated heterocycles. The SMILES string of the molecule is CC(=C(C)c1cc(O)cc(O)c1O)c1ccc(O)cc1. The highest BCUT2D eigenvalue weighted by atomic mass is 16.3. The van der Waals surface area contributed by atoms with E-state index in [-0.39, 0.29) is 23.0 Å². The number of rotatable bonds is 2. The molecule has 0 amide bonds. The first-order valence-corrected chi connectivity index (χ1v) is 6.12. The van der Waals surface area contributed by atoms with Crippen LogP contribution in [0.3, 0.4) is 0 Å². The summed E-state index contributed by atoms with van der Waals surface area (Å²) in [5, 5.41) is 38.3. The molecule has 20 heavy (non-hydrogen) atoms. The Labute approximate surface area is 116 Å². The Morgan fingerprint density at radius 3 is 1.95 bits per heavy atom. The van der Waals surface area contributed by atoms with Crippen molar-refractivity contribution in [3.05, 3.63) is 47.5 Å². The lowest BCUT2D eigenvalue weighted by molar-refractivity contribution is 0.395. The van der Waals surface area contributed by atoms with Crippen LogP contribution in [0.1, 0.15) is 25.0 Å². The average Bonchev–Trinajstić information content (AvgIpc) is 2.42. The van der Waals surface area contributed by atoms with Gasteiger partial charge in [-0.05, 0) is 48.8 Å². The number of hydrogen-bond donors (Lipinski definition) is 4. The summed E-state index contributed by atoms with van der Waals surface area (Å²) in [6.07, 6.45) is 0. The fourth-order valence-corrected chi connectivity index (χ4v) is 2.02. The first kappa shape index (κ1) is 13.8. The molecule has 104 valence electrons. The molecule has 0 atom stereocenters. The number of hydrogen-bond acceptors (Lipinski definition) is 4. The van der Waals surface area contributed by atoms with Gasteiger partial charge in [-0.2, -0.15) is 0 Å². The number of benzene rings is 2. The van der Waals surface area contributed by atoms with E-state index >= 15 is 0 Å². The van der Waals surface area contributed by atoms with E-state index in [2.05, 4.69) is 0 Å². The zero-order chi connectivity index (χ0) is 14.9. The maximum absolute atomic E-state index is 9.90. The fourth-order valence-electron chi connectivity index (χ4n) is 2.02. The van der Waals surface area contributed by atoms with Crippen LogP contribution in [-0.4, -0.2) is 20.4 Å². The highest BCUT2D eigenvalue weighted by Gasteiger charge is 2.13. The van der Waals surface area contributed by atoms with Crippen LogP contribution in [-0.2, 0) is 0 Å². The van der Waals surface area contributed by atoms with E-state index in [1.807, 2.05) is 6.92 Å². The Hall–Kier alpha value is -2.62. The molecular weight excluding hydrogens is 256 g/mol. The topological polar surface area (TPSA) is 80.9 Å². The summed E-state index contributed by atoms with van der Waals surface area (Å²) < 4.78 is 0. The molecular formula is C16H16O4. The Kier molecular flexibility index (Phi) is 3.57. The minimum atomic E-state index is -0.363. The Morgan fingerprint density at radius 1 is 0.750 bits per heavy atom. The molecule has 2 rings (SSSR count). The maximum Gasteiger partial charge on any atom is 0.165 e. The summed E-state index contributed by atoms with van der Waals surface area (Å²) >= 11 is 0. The second kappa shape index (κ2) is 5.17. The van der Waals surface area contributed by atoms with Crippen LogP contribution in [0.2, 0.25) is 0 Å². The molecule has 4 nitrogen and oxygen atoms in total. The van der Waals surface area contributed by atoms with Crippen LogP contribution in [0.25, 0.3) is 11.1 Å². The maximum atomic E-state index is 9.90. The molecule has 0 heterocycles. The van der Waals surface area contributed by atoms with Gasteiger partial charge in [0.25, 0.3) is 0 Å². The lowest BCUT2D eigenvalue weighted by Gasteiger charge is -2.12. The lowest BCUT2D eigenvalue weighted by Crippen LogP contribution is -1.88. The van der Waals surface area contributed by atoms with Gasteiger partial charge < -0.3 is 20.4 Å². The van der Waals surface area contributed by atoms with E-state index in [1.54, 1.807) is 31.2 Å². The first-order chi connectivity index (χ1) is 9.40. The van der Waals surface area contributed by atoms with Gasteiger partial charge in [-0.15, -0.1) is 0 Å². The molecule has 0 saturated carbocycles. The monoisotopic (exact) mass is 272 g/mol. The van der Waals surface area contributed by atoms with Crippen molar-refractivity contribution in [3.8, 4) is 23.0 Å². The van der Waals surface area contributed by atoms with Gasteiger partial charge in [-0.1, -0.05) is 12.1 Å². The van der Waals surface area contributed by atoms with E-state index in [1.165, 1.54) is 6.07 Å². The summed E-state index contributed by atoms with van der Waals surface area (Å²) in [5.41, 5.74) is 2.83. The third-order valence-electron chi connectivity index (χ3n) is 3.34. The van der Waals surface area contributed by atoms with Crippen LogP contribution >= 0.6 is 0 Å². The van der Waals surface area contributed by atoms with E-state index in [0.29, 0.717) is 5.56 Å². The van der Waals surface area contributed by atoms with E-state index in [4.69, 9.17) is 0 Å². The minimum absolute atomic E-state index is 0.117. The molecule has 2 aromatic rings. The Morgan fingerprint density at radius 2 is 1.35 bits per heavy atom. The largest absolute Gasteiger partial charge is 0.508 e. The van der Waals surface area contributed by atoms with Crippen LogP contribution in [0.5, 0.6) is 23.0 Å². The van der Waals surface area contributed by atoms with Crippen LogP contribution < -0.4 is 0 Å². The zero-order valence-electron chi connectivity index (χ0n) is 11.3. The van der Waals surface area contributed by atoms with Gasteiger partial charge in [-0.3, -0.25) is 0 Å². The van der Waals surface area contributed by atoms with Crippen molar-refractivity contribution >= 4 is 11.1 Å². The van der Waals surface area contributed by atoms with Crippen molar-refractivity contribution in [2.45, 2.75) is 13.8 Å².